The smallest absolute Gasteiger partial charge is 0.226 e. The molecule has 0 radical (unpaired) electrons. The molecule has 0 spiro atoms. The first kappa shape index (κ1) is 18.5. The van der Waals surface area contributed by atoms with E-state index in [2.05, 4.69) is 36.3 Å². The third-order valence-corrected chi connectivity index (χ3v) is 4.41. The summed E-state index contributed by atoms with van der Waals surface area (Å²) in [6.07, 6.45) is 1.40. The van der Waals surface area contributed by atoms with Gasteiger partial charge in [-0.25, -0.2) is 0 Å². The first-order valence-corrected chi connectivity index (χ1v) is 8.83. The monoisotopic (exact) mass is 349 g/mol. The van der Waals surface area contributed by atoms with Gasteiger partial charge in [0.1, 0.15) is 5.75 Å². The van der Waals surface area contributed by atoms with Crippen LogP contribution in [0, 0.1) is 0 Å². The number of rotatable bonds is 6. The number of anilines is 1. The Hall–Kier alpha value is -1.82. The van der Waals surface area contributed by atoms with Crippen molar-refractivity contribution in [3.05, 3.63) is 24.3 Å². The maximum Gasteiger partial charge on any atom is 0.226 e. The summed E-state index contributed by atoms with van der Waals surface area (Å²) in [6.45, 7) is 9.63. The molecule has 1 aliphatic heterocycles. The SMILES string of the molecule is CCOc1ccc(NC(=O)CCN2C(=S)NC(C)(C)C[C@@H]2C)cc1. The highest BCUT2D eigenvalue weighted by molar-refractivity contribution is 7.80. The summed E-state index contributed by atoms with van der Waals surface area (Å²) in [4.78, 5) is 14.3. The third kappa shape index (κ3) is 5.09. The first-order chi connectivity index (χ1) is 11.3. The topological polar surface area (TPSA) is 53.6 Å². The van der Waals surface area contributed by atoms with Crippen LogP contribution in [0.4, 0.5) is 5.69 Å². The molecule has 132 valence electrons. The van der Waals surface area contributed by atoms with Gasteiger partial charge in [-0.1, -0.05) is 0 Å². The standard InChI is InChI=1S/C18H27N3O2S/c1-5-23-15-8-6-14(7-9-15)19-16(22)10-11-21-13(2)12-18(3,4)20-17(21)24/h6-9,13H,5,10-12H2,1-4H3,(H,19,22)(H,20,24)/t13-/m0/s1. The van der Waals surface area contributed by atoms with Crippen LogP contribution < -0.4 is 15.4 Å². The average Bonchev–Trinajstić information content (AvgIpc) is 2.47. The molecule has 1 aromatic carbocycles. The van der Waals surface area contributed by atoms with Gasteiger partial charge in [-0.2, -0.15) is 0 Å². The van der Waals surface area contributed by atoms with Crippen molar-refractivity contribution >= 4 is 28.9 Å². The summed E-state index contributed by atoms with van der Waals surface area (Å²) in [5.41, 5.74) is 0.786. The fourth-order valence-corrected chi connectivity index (χ4v) is 3.58. The van der Waals surface area contributed by atoms with Crippen molar-refractivity contribution in [3.63, 3.8) is 0 Å². The zero-order chi connectivity index (χ0) is 17.7. The Kier molecular flexibility index (Phi) is 6.04. The van der Waals surface area contributed by atoms with E-state index in [1.54, 1.807) is 0 Å². The predicted molar refractivity (Wildman–Crippen MR) is 101 cm³/mol. The molecule has 0 saturated carbocycles. The van der Waals surface area contributed by atoms with Gasteiger partial charge in [-0.15, -0.1) is 0 Å². The highest BCUT2D eigenvalue weighted by Crippen LogP contribution is 2.22. The Balaban J connectivity index is 1.83. The van der Waals surface area contributed by atoms with Gasteiger partial charge in [0.15, 0.2) is 5.11 Å². The van der Waals surface area contributed by atoms with Crippen molar-refractivity contribution < 1.29 is 9.53 Å². The van der Waals surface area contributed by atoms with E-state index in [9.17, 15) is 4.79 Å². The summed E-state index contributed by atoms with van der Waals surface area (Å²) >= 11 is 5.44. The van der Waals surface area contributed by atoms with Crippen LogP contribution in [0.2, 0.25) is 0 Å². The largest absolute Gasteiger partial charge is 0.494 e. The molecule has 5 nitrogen and oxygen atoms in total. The van der Waals surface area contributed by atoms with E-state index in [1.807, 2.05) is 31.2 Å². The highest BCUT2D eigenvalue weighted by atomic mass is 32.1. The van der Waals surface area contributed by atoms with E-state index in [4.69, 9.17) is 17.0 Å². The van der Waals surface area contributed by atoms with Crippen LogP contribution in [0.1, 0.15) is 40.5 Å². The normalized spacial score (nSPS) is 19.6. The number of benzene rings is 1. The second-order valence-corrected chi connectivity index (χ2v) is 7.20. The van der Waals surface area contributed by atoms with E-state index in [0.717, 1.165) is 23.0 Å². The molecule has 2 rings (SSSR count). The van der Waals surface area contributed by atoms with Gasteiger partial charge in [-0.05, 0) is 70.6 Å². The minimum absolute atomic E-state index is 0.0115. The molecule has 1 amide bonds. The highest BCUT2D eigenvalue weighted by Gasteiger charge is 2.32. The van der Waals surface area contributed by atoms with Gasteiger partial charge in [0.25, 0.3) is 0 Å². The summed E-state index contributed by atoms with van der Waals surface area (Å²) in [7, 11) is 0. The Bertz CT molecular complexity index is 586. The van der Waals surface area contributed by atoms with Crippen molar-refractivity contribution in [1.82, 2.24) is 10.2 Å². The zero-order valence-corrected chi connectivity index (χ0v) is 15.7. The van der Waals surface area contributed by atoms with Crippen LogP contribution in [0.25, 0.3) is 0 Å². The molecule has 1 aromatic rings. The molecular weight excluding hydrogens is 322 g/mol. The minimum Gasteiger partial charge on any atom is -0.494 e. The second-order valence-electron chi connectivity index (χ2n) is 6.82. The lowest BCUT2D eigenvalue weighted by Gasteiger charge is -2.44. The van der Waals surface area contributed by atoms with E-state index in [-0.39, 0.29) is 11.4 Å². The number of nitrogens with zero attached hydrogens (tertiary/aromatic N) is 1. The lowest BCUT2D eigenvalue weighted by atomic mass is 9.93. The van der Waals surface area contributed by atoms with Gasteiger partial charge in [0.2, 0.25) is 5.91 Å². The van der Waals surface area contributed by atoms with Crippen molar-refractivity contribution in [1.29, 1.82) is 0 Å². The van der Waals surface area contributed by atoms with Gasteiger partial charge >= 0.3 is 0 Å². The van der Waals surface area contributed by atoms with Gasteiger partial charge in [-0.3, -0.25) is 4.79 Å². The van der Waals surface area contributed by atoms with E-state index in [1.165, 1.54) is 0 Å². The second kappa shape index (κ2) is 7.83. The molecule has 2 N–H and O–H groups in total. The van der Waals surface area contributed by atoms with Crippen LogP contribution in [0.3, 0.4) is 0 Å². The third-order valence-electron chi connectivity index (χ3n) is 4.07. The molecule has 1 heterocycles. The Morgan fingerprint density at radius 1 is 1.42 bits per heavy atom. The Morgan fingerprint density at radius 2 is 2.08 bits per heavy atom. The number of hydrogen-bond acceptors (Lipinski definition) is 3. The lowest BCUT2D eigenvalue weighted by molar-refractivity contribution is -0.116. The lowest BCUT2D eigenvalue weighted by Crippen LogP contribution is -2.60. The minimum atomic E-state index is -0.0148. The summed E-state index contributed by atoms with van der Waals surface area (Å²) < 4.78 is 5.39. The Labute approximate surface area is 149 Å². The van der Waals surface area contributed by atoms with E-state index >= 15 is 0 Å². The molecule has 1 atom stereocenters. The molecular formula is C18H27N3O2S. The van der Waals surface area contributed by atoms with Crippen molar-refractivity contribution in [2.75, 3.05) is 18.5 Å². The summed E-state index contributed by atoms with van der Waals surface area (Å²) in [5.74, 6) is 0.788. The quantitative estimate of drug-likeness (QED) is 0.773. The predicted octanol–water partition coefficient (Wildman–Crippen LogP) is 3.16. The number of hydrogen-bond donors (Lipinski definition) is 2. The molecule has 0 aromatic heterocycles. The summed E-state index contributed by atoms with van der Waals surface area (Å²) in [6, 6.07) is 7.73. The van der Waals surface area contributed by atoms with Crippen molar-refractivity contribution in [3.8, 4) is 5.75 Å². The average molecular weight is 350 g/mol. The molecule has 0 bridgehead atoms. The number of carbonyl (C=O) groups is 1. The Morgan fingerprint density at radius 3 is 2.67 bits per heavy atom. The molecule has 1 fully saturated rings. The van der Waals surface area contributed by atoms with Crippen molar-refractivity contribution in [2.45, 2.75) is 52.1 Å². The molecule has 24 heavy (non-hydrogen) atoms. The van der Waals surface area contributed by atoms with Gasteiger partial charge < -0.3 is 20.3 Å². The maximum atomic E-state index is 12.2. The zero-order valence-electron chi connectivity index (χ0n) is 14.9. The van der Waals surface area contributed by atoms with E-state index < -0.39 is 0 Å². The van der Waals surface area contributed by atoms with Crippen LogP contribution in [-0.2, 0) is 4.79 Å². The number of ether oxygens (including phenoxy) is 1. The maximum absolute atomic E-state index is 12.2. The molecule has 0 unspecified atom stereocenters. The first-order valence-electron chi connectivity index (χ1n) is 8.42. The fraction of sp³-hybridized carbons (Fsp3) is 0.556. The van der Waals surface area contributed by atoms with Crippen LogP contribution >= 0.6 is 12.2 Å². The summed E-state index contributed by atoms with van der Waals surface area (Å²) in [5, 5.41) is 6.98. The van der Waals surface area contributed by atoms with Crippen LogP contribution in [0.15, 0.2) is 24.3 Å². The van der Waals surface area contributed by atoms with Gasteiger partial charge in [0.05, 0.1) is 6.61 Å². The molecule has 1 saturated heterocycles. The molecule has 6 heteroatoms. The number of carbonyl (C=O) groups excluding carboxylic acids is 1. The number of nitrogens with one attached hydrogen (secondary N) is 2. The van der Waals surface area contributed by atoms with E-state index in [0.29, 0.717) is 25.6 Å². The molecule has 0 aliphatic carbocycles. The van der Waals surface area contributed by atoms with Gasteiger partial charge in [0, 0.05) is 30.2 Å². The fourth-order valence-electron chi connectivity index (χ4n) is 3.03. The molecule has 1 aliphatic rings. The van der Waals surface area contributed by atoms with Crippen LogP contribution in [0.5, 0.6) is 5.75 Å². The number of thiocarbonyl (C=S) groups is 1. The van der Waals surface area contributed by atoms with Crippen molar-refractivity contribution in [2.24, 2.45) is 0 Å². The van der Waals surface area contributed by atoms with Crippen LogP contribution in [-0.4, -0.2) is 40.7 Å². The number of amides is 1.